The topological polar surface area (TPSA) is 46.0 Å². The lowest BCUT2D eigenvalue weighted by molar-refractivity contribution is -0.260. The predicted molar refractivity (Wildman–Crippen MR) is 42.4 cm³/mol. The zero-order valence-electron chi connectivity index (χ0n) is 7.63. The molecule has 3 nitrogen and oxygen atoms in total. The van der Waals surface area contributed by atoms with Gasteiger partial charge in [0.1, 0.15) is 5.69 Å². The molecule has 1 aromatic heterocycles. The highest BCUT2D eigenvalue weighted by atomic mass is 19.4. The van der Waals surface area contributed by atoms with Gasteiger partial charge in [-0.15, -0.1) is 0 Å². The molecule has 78 valence electrons. The zero-order chi connectivity index (χ0) is 11.0. The van der Waals surface area contributed by atoms with E-state index in [-0.39, 0.29) is 5.69 Å². The molecule has 0 fully saturated rings. The molecule has 0 aliphatic heterocycles. The van der Waals surface area contributed by atoms with E-state index >= 15 is 0 Å². The highest BCUT2D eigenvalue weighted by Crippen LogP contribution is 2.38. The van der Waals surface area contributed by atoms with Crippen molar-refractivity contribution in [2.24, 2.45) is 0 Å². The maximum Gasteiger partial charge on any atom is 0.422 e. The third kappa shape index (κ3) is 1.70. The standard InChI is InChI=1S/C8H9F3N2O/c1-5-6(13-4-3-12-5)7(2,14)8(9,10)11/h3-4,14H,1-2H3. The third-order valence-corrected chi connectivity index (χ3v) is 1.89. The van der Waals surface area contributed by atoms with Crippen molar-refractivity contribution < 1.29 is 18.3 Å². The van der Waals surface area contributed by atoms with Crippen molar-refractivity contribution >= 4 is 0 Å². The molecule has 0 spiro atoms. The van der Waals surface area contributed by atoms with Crippen LogP contribution in [0.1, 0.15) is 18.3 Å². The molecular formula is C8H9F3N2O. The maximum atomic E-state index is 12.4. The highest BCUT2D eigenvalue weighted by Gasteiger charge is 2.53. The van der Waals surface area contributed by atoms with Crippen molar-refractivity contribution in [1.29, 1.82) is 0 Å². The van der Waals surface area contributed by atoms with Gasteiger partial charge in [-0.1, -0.05) is 0 Å². The van der Waals surface area contributed by atoms with Crippen molar-refractivity contribution in [3.8, 4) is 0 Å². The lowest BCUT2D eigenvalue weighted by atomic mass is 10.00. The molecule has 1 rings (SSSR count). The van der Waals surface area contributed by atoms with E-state index in [0.717, 1.165) is 6.20 Å². The molecule has 1 atom stereocenters. The second-order valence-corrected chi connectivity index (χ2v) is 3.06. The molecule has 0 saturated heterocycles. The number of aryl methyl sites for hydroxylation is 1. The Morgan fingerprint density at radius 3 is 2.14 bits per heavy atom. The Bertz CT molecular complexity index is 336. The van der Waals surface area contributed by atoms with Gasteiger partial charge in [-0.3, -0.25) is 9.97 Å². The number of aliphatic hydroxyl groups is 1. The first kappa shape index (κ1) is 10.9. The van der Waals surface area contributed by atoms with E-state index in [1.165, 1.54) is 13.1 Å². The van der Waals surface area contributed by atoms with Gasteiger partial charge in [-0.05, 0) is 13.8 Å². The Labute approximate surface area is 78.6 Å². The molecule has 0 aromatic carbocycles. The summed E-state index contributed by atoms with van der Waals surface area (Å²) in [6, 6.07) is 0. The molecule has 0 bridgehead atoms. The van der Waals surface area contributed by atoms with Crippen LogP contribution in [-0.4, -0.2) is 21.3 Å². The molecule has 0 amide bonds. The Morgan fingerprint density at radius 1 is 1.21 bits per heavy atom. The van der Waals surface area contributed by atoms with Gasteiger partial charge in [0.15, 0.2) is 0 Å². The molecule has 1 N–H and O–H groups in total. The minimum absolute atomic E-state index is 0.0647. The fourth-order valence-corrected chi connectivity index (χ4v) is 1.02. The van der Waals surface area contributed by atoms with Crippen LogP contribution in [0.2, 0.25) is 0 Å². The Balaban J connectivity index is 3.23. The monoisotopic (exact) mass is 206 g/mol. The average Bonchev–Trinajstić information content (AvgIpc) is 2.02. The molecule has 1 unspecified atom stereocenters. The summed E-state index contributed by atoms with van der Waals surface area (Å²) in [4.78, 5) is 7.12. The fourth-order valence-electron chi connectivity index (χ4n) is 1.02. The summed E-state index contributed by atoms with van der Waals surface area (Å²) in [5.74, 6) is 0. The van der Waals surface area contributed by atoms with Gasteiger partial charge in [-0.25, -0.2) is 0 Å². The number of aromatic nitrogens is 2. The van der Waals surface area contributed by atoms with E-state index in [9.17, 15) is 18.3 Å². The lowest BCUT2D eigenvalue weighted by Crippen LogP contribution is -2.40. The van der Waals surface area contributed by atoms with Crippen molar-refractivity contribution in [3.05, 3.63) is 23.8 Å². The van der Waals surface area contributed by atoms with E-state index in [1.54, 1.807) is 0 Å². The van der Waals surface area contributed by atoms with Crippen LogP contribution in [0.15, 0.2) is 12.4 Å². The van der Waals surface area contributed by atoms with Crippen LogP contribution in [-0.2, 0) is 5.60 Å². The first-order valence-electron chi connectivity index (χ1n) is 3.84. The number of hydrogen-bond donors (Lipinski definition) is 1. The highest BCUT2D eigenvalue weighted by molar-refractivity contribution is 5.18. The van der Waals surface area contributed by atoms with Crippen LogP contribution < -0.4 is 0 Å². The van der Waals surface area contributed by atoms with Gasteiger partial charge in [0.05, 0.1) is 5.69 Å². The van der Waals surface area contributed by atoms with Crippen LogP contribution in [0.5, 0.6) is 0 Å². The largest absolute Gasteiger partial charge is 0.422 e. The van der Waals surface area contributed by atoms with Crippen LogP contribution in [0.25, 0.3) is 0 Å². The van der Waals surface area contributed by atoms with E-state index in [0.29, 0.717) is 6.92 Å². The van der Waals surface area contributed by atoms with Gasteiger partial charge in [0, 0.05) is 12.4 Å². The molecule has 0 radical (unpaired) electrons. The number of nitrogens with zero attached hydrogens (tertiary/aromatic N) is 2. The summed E-state index contributed by atoms with van der Waals surface area (Å²) in [6.07, 6.45) is -2.37. The smallest absolute Gasteiger partial charge is 0.375 e. The van der Waals surface area contributed by atoms with Crippen LogP contribution in [0.3, 0.4) is 0 Å². The molecule has 0 saturated carbocycles. The summed E-state index contributed by atoms with van der Waals surface area (Å²) in [5.41, 5.74) is -3.35. The van der Waals surface area contributed by atoms with Crippen molar-refractivity contribution in [3.63, 3.8) is 0 Å². The van der Waals surface area contributed by atoms with E-state index in [2.05, 4.69) is 9.97 Å². The minimum Gasteiger partial charge on any atom is -0.375 e. The predicted octanol–water partition coefficient (Wildman–Crippen LogP) is 1.55. The SMILES string of the molecule is Cc1nccnc1C(C)(O)C(F)(F)F. The second-order valence-electron chi connectivity index (χ2n) is 3.06. The molecular weight excluding hydrogens is 197 g/mol. The summed E-state index contributed by atoms with van der Waals surface area (Å²) in [6.45, 7) is 2.02. The zero-order valence-corrected chi connectivity index (χ0v) is 7.63. The first-order valence-corrected chi connectivity index (χ1v) is 3.84. The summed E-state index contributed by atoms with van der Waals surface area (Å²) >= 11 is 0. The van der Waals surface area contributed by atoms with E-state index in [1.807, 2.05) is 0 Å². The van der Waals surface area contributed by atoms with Crippen molar-refractivity contribution in [2.75, 3.05) is 0 Å². The molecule has 14 heavy (non-hydrogen) atoms. The van der Waals surface area contributed by atoms with Crippen LogP contribution >= 0.6 is 0 Å². The maximum absolute atomic E-state index is 12.4. The first-order chi connectivity index (χ1) is 6.27. The molecule has 0 aliphatic rings. The quantitative estimate of drug-likeness (QED) is 0.758. The Morgan fingerprint density at radius 2 is 1.71 bits per heavy atom. The van der Waals surface area contributed by atoms with Gasteiger partial charge in [0.25, 0.3) is 0 Å². The molecule has 0 aliphatic carbocycles. The third-order valence-electron chi connectivity index (χ3n) is 1.89. The summed E-state index contributed by atoms with van der Waals surface area (Å²) < 4.78 is 37.1. The van der Waals surface area contributed by atoms with Crippen molar-refractivity contribution in [1.82, 2.24) is 9.97 Å². The molecule has 1 aromatic rings. The molecule has 6 heteroatoms. The number of hydrogen-bond acceptors (Lipinski definition) is 3. The minimum atomic E-state index is -4.76. The Kier molecular flexibility index (Phi) is 2.49. The normalized spacial score (nSPS) is 16.4. The molecule has 1 heterocycles. The summed E-state index contributed by atoms with van der Waals surface area (Å²) in [7, 11) is 0. The van der Waals surface area contributed by atoms with Crippen molar-refractivity contribution in [2.45, 2.75) is 25.6 Å². The fraction of sp³-hybridized carbons (Fsp3) is 0.500. The van der Waals surface area contributed by atoms with Crippen LogP contribution in [0, 0.1) is 6.92 Å². The Hall–Kier alpha value is -1.17. The van der Waals surface area contributed by atoms with E-state index < -0.39 is 17.5 Å². The number of rotatable bonds is 1. The van der Waals surface area contributed by atoms with Gasteiger partial charge in [0.2, 0.25) is 5.60 Å². The van der Waals surface area contributed by atoms with Gasteiger partial charge in [-0.2, -0.15) is 13.2 Å². The summed E-state index contributed by atoms with van der Waals surface area (Å²) in [5, 5.41) is 9.28. The number of halogens is 3. The number of alkyl halides is 3. The van der Waals surface area contributed by atoms with Gasteiger partial charge >= 0.3 is 6.18 Å². The van der Waals surface area contributed by atoms with E-state index in [4.69, 9.17) is 0 Å². The second kappa shape index (κ2) is 3.20. The van der Waals surface area contributed by atoms with Crippen LogP contribution in [0.4, 0.5) is 13.2 Å². The lowest BCUT2D eigenvalue weighted by Gasteiger charge is -2.26. The average molecular weight is 206 g/mol. The van der Waals surface area contributed by atoms with Gasteiger partial charge < -0.3 is 5.11 Å².